The molecule has 74 valence electrons. The van der Waals surface area contributed by atoms with Gasteiger partial charge in [-0.15, -0.1) is 11.3 Å². The van der Waals surface area contributed by atoms with Crippen LogP contribution in [0.1, 0.15) is 18.2 Å². The number of nitrogens with two attached hydrogens (primary N) is 1. The van der Waals surface area contributed by atoms with E-state index in [-0.39, 0.29) is 5.25 Å². The first kappa shape index (κ1) is 10.9. The topological polar surface area (TPSA) is 43.1 Å². The van der Waals surface area contributed by atoms with E-state index in [4.69, 9.17) is 5.73 Å². The maximum Gasteiger partial charge on any atom is 0.0582 e. The van der Waals surface area contributed by atoms with Gasteiger partial charge in [-0.3, -0.25) is 4.21 Å². The molecule has 0 saturated heterocycles. The lowest BCUT2D eigenvalue weighted by Gasteiger charge is -2.08. The molecule has 0 aromatic carbocycles. The van der Waals surface area contributed by atoms with Crippen LogP contribution >= 0.6 is 11.3 Å². The van der Waals surface area contributed by atoms with Gasteiger partial charge in [0.05, 0.1) is 5.75 Å². The summed E-state index contributed by atoms with van der Waals surface area (Å²) in [7, 11) is -0.764. The van der Waals surface area contributed by atoms with Crippen molar-refractivity contribution in [3.63, 3.8) is 0 Å². The van der Waals surface area contributed by atoms with Gasteiger partial charge in [-0.05, 0) is 24.4 Å². The molecular formula is C9H15NOS2. The van der Waals surface area contributed by atoms with Crippen LogP contribution in [-0.4, -0.2) is 16.0 Å². The molecule has 2 atom stereocenters. The van der Waals surface area contributed by atoms with Crippen LogP contribution in [0.3, 0.4) is 0 Å². The smallest absolute Gasteiger partial charge is 0.0582 e. The van der Waals surface area contributed by atoms with E-state index in [0.29, 0.717) is 12.3 Å². The molecule has 0 radical (unpaired) electrons. The van der Waals surface area contributed by atoms with Crippen LogP contribution in [0, 0.1) is 0 Å². The molecule has 0 aliphatic heterocycles. The average molecular weight is 217 g/mol. The third-order valence-corrected chi connectivity index (χ3v) is 4.67. The van der Waals surface area contributed by atoms with E-state index in [0.717, 1.165) is 6.42 Å². The van der Waals surface area contributed by atoms with Gasteiger partial charge in [0, 0.05) is 20.9 Å². The van der Waals surface area contributed by atoms with Crippen LogP contribution in [0.25, 0.3) is 0 Å². The Hall–Kier alpha value is -0.190. The molecule has 4 heteroatoms. The van der Waals surface area contributed by atoms with E-state index in [9.17, 15) is 4.21 Å². The Kier molecular flexibility index (Phi) is 4.62. The third kappa shape index (κ3) is 3.58. The van der Waals surface area contributed by atoms with Gasteiger partial charge in [-0.1, -0.05) is 13.0 Å². The lowest BCUT2D eigenvalue weighted by molar-refractivity contribution is 0.666. The highest BCUT2D eigenvalue weighted by molar-refractivity contribution is 7.85. The Bertz CT molecular complexity index is 259. The molecule has 2 unspecified atom stereocenters. The van der Waals surface area contributed by atoms with Crippen molar-refractivity contribution in [3.8, 4) is 0 Å². The first-order chi connectivity index (χ1) is 6.24. The zero-order chi connectivity index (χ0) is 9.68. The van der Waals surface area contributed by atoms with E-state index < -0.39 is 10.8 Å². The first-order valence-corrected chi connectivity index (χ1v) is 6.60. The second-order valence-corrected chi connectivity index (χ2v) is 5.88. The minimum atomic E-state index is -0.764. The Morgan fingerprint density at radius 3 is 3.00 bits per heavy atom. The largest absolute Gasteiger partial charge is 0.330 e. The highest BCUT2D eigenvalue weighted by Crippen LogP contribution is 2.14. The Morgan fingerprint density at radius 1 is 1.69 bits per heavy atom. The van der Waals surface area contributed by atoms with Crippen molar-refractivity contribution < 1.29 is 4.21 Å². The van der Waals surface area contributed by atoms with Gasteiger partial charge in [-0.25, -0.2) is 0 Å². The first-order valence-electron chi connectivity index (χ1n) is 4.33. The van der Waals surface area contributed by atoms with Crippen LogP contribution in [0.4, 0.5) is 0 Å². The zero-order valence-corrected chi connectivity index (χ0v) is 9.37. The molecular weight excluding hydrogens is 202 g/mol. The fourth-order valence-corrected chi connectivity index (χ4v) is 3.21. The number of hydrogen-bond acceptors (Lipinski definition) is 3. The number of hydrogen-bond donors (Lipinski definition) is 1. The molecule has 1 aromatic rings. The van der Waals surface area contributed by atoms with Crippen molar-refractivity contribution in [2.75, 3.05) is 6.54 Å². The summed E-state index contributed by atoms with van der Waals surface area (Å²) in [4.78, 5) is 1.20. The molecule has 0 saturated carbocycles. The van der Waals surface area contributed by atoms with Crippen LogP contribution in [0.15, 0.2) is 17.5 Å². The minimum Gasteiger partial charge on any atom is -0.330 e. The summed E-state index contributed by atoms with van der Waals surface area (Å²) in [6.45, 7) is 2.62. The highest BCUT2D eigenvalue weighted by atomic mass is 32.2. The molecule has 0 amide bonds. The summed E-state index contributed by atoms with van der Waals surface area (Å²) in [5.74, 6) is 0.679. The zero-order valence-electron chi connectivity index (χ0n) is 7.73. The molecule has 2 nitrogen and oxygen atoms in total. The monoisotopic (exact) mass is 217 g/mol. The van der Waals surface area contributed by atoms with E-state index in [1.807, 2.05) is 24.4 Å². The minimum absolute atomic E-state index is 0.215. The Labute approximate surface area is 85.6 Å². The summed E-state index contributed by atoms with van der Waals surface area (Å²) < 4.78 is 11.7. The molecule has 13 heavy (non-hydrogen) atoms. The molecule has 0 spiro atoms. The summed E-state index contributed by atoms with van der Waals surface area (Å²) in [5, 5.41) is 2.23. The van der Waals surface area contributed by atoms with Crippen molar-refractivity contribution in [2.24, 2.45) is 5.73 Å². The Morgan fingerprint density at radius 2 is 2.46 bits per heavy atom. The summed E-state index contributed by atoms with van der Waals surface area (Å²) >= 11 is 1.66. The molecule has 0 aliphatic carbocycles. The SMILES string of the molecule is CC(CCN)S(=O)Cc1cccs1. The maximum atomic E-state index is 11.7. The van der Waals surface area contributed by atoms with Crippen LogP contribution in [0.2, 0.25) is 0 Å². The molecule has 0 aliphatic rings. The van der Waals surface area contributed by atoms with Gasteiger partial charge in [0.25, 0.3) is 0 Å². The van der Waals surface area contributed by atoms with E-state index in [1.165, 1.54) is 4.88 Å². The summed E-state index contributed by atoms with van der Waals surface area (Å²) in [6.07, 6.45) is 0.845. The molecule has 1 aromatic heterocycles. The van der Waals surface area contributed by atoms with Crippen molar-refractivity contribution in [1.29, 1.82) is 0 Å². The fraction of sp³-hybridized carbons (Fsp3) is 0.556. The molecule has 0 fully saturated rings. The van der Waals surface area contributed by atoms with Gasteiger partial charge < -0.3 is 5.73 Å². The standard InChI is InChI=1S/C9H15NOS2/c1-8(4-5-10)13(11)7-9-3-2-6-12-9/h2-3,6,8H,4-5,7,10H2,1H3. The Balaban J connectivity index is 2.41. The van der Waals surface area contributed by atoms with Crippen LogP contribution in [-0.2, 0) is 16.6 Å². The van der Waals surface area contributed by atoms with Gasteiger partial charge in [0.1, 0.15) is 0 Å². The molecule has 1 heterocycles. The van der Waals surface area contributed by atoms with Gasteiger partial charge in [0.15, 0.2) is 0 Å². The highest BCUT2D eigenvalue weighted by Gasteiger charge is 2.10. The molecule has 0 bridgehead atoms. The van der Waals surface area contributed by atoms with Crippen molar-refractivity contribution in [1.82, 2.24) is 0 Å². The average Bonchev–Trinajstić information content (AvgIpc) is 2.57. The van der Waals surface area contributed by atoms with Crippen molar-refractivity contribution in [2.45, 2.75) is 24.3 Å². The van der Waals surface area contributed by atoms with E-state index >= 15 is 0 Å². The summed E-state index contributed by atoms with van der Waals surface area (Å²) in [5.41, 5.74) is 5.41. The molecule has 1 rings (SSSR count). The van der Waals surface area contributed by atoms with E-state index in [1.54, 1.807) is 11.3 Å². The second kappa shape index (κ2) is 5.52. The third-order valence-electron chi connectivity index (χ3n) is 1.89. The molecule has 2 N–H and O–H groups in total. The van der Waals surface area contributed by atoms with Crippen molar-refractivity contribution in [3.05, 3.63) is 22.4 Å². The van der Waals surface area contributed by atoms with E-state index in [2.05, 4.69) is 0 Å². The van der Waals surface area contributed by atoms with Gasteiger partial charge in [-0.2, -0.15) is 0 Å². The fourth-order valence-electron chi connectivity index (χ4n) is 1.04. The summed E-state index contributed by atoms with van der Waals surface area (Å²) in [6, 6.07) is 4.02. The normalized spacial score (nSPS) is 15.5. The second-order valence-electron chi connectivity index (χ2n) is 2.99. The lowest BCUT2D eigenvalue weighted by atomic mass is 10.3. The van der Waals surface area contributed by atoms with Gasteiger partial charge in [0.2, 0.25) is 0 Å². The number of rotatable bonds is 5. The van der Waals surface area contributed by atoms with Crippen LogP contribution < -0.4 is 5.73 Å². The number of thiophene rings is 1. The predicted octanol–water partition coefficient (Wildman–Crippen LogP) is 1.73. The predicted molar refractivity (Wildman–Crippen MR) is 59.3 cm³/mol. The lowest BCUT2D eigenvalue weighted by Crippen LogP contribution is -2.16. The van der Waals surface area contributed by atoms with Gasteiger partial charge >= 0.3 is 0 Å². The quantitative estimate of drug-likeness (QED) is 0.816. The van der Waals surface area contributed by atoms with Crippen LogP contribution in [0.5, 0.6) is 0 Å². The van der Waals surface area contributed by atoms with Crippen molar-refractivity contribution >= 4 is 22.1 Å². The maximum absolute atomic E-state index is 11.7.